The van der Waals surface area contributed by atoms with E-state index in [0.29, 0.717) is 12.8 Å². The third kappa shape index (κ3) is 5.38. The molecule has 1 aliphatic carbocycles. The van der Waals surface area contributed by atoms with Crippen molar-refractivity contribution < 1.29 is 24.6 Å². The van der Waals surface area contributed by atoms with Gasteiger partial charge in [-0.05, 0) is 44.9 Å². The molecule has 0 saturated carbocycles. The number of ketones is 3. The minimum absolute atomic E-state index is 0.0459. The molecule has 5 nitrogen and oxygen atoms in total. The van der Waals surface area contributed by atoms with Crippen molar-refractivity contribution in [3.8, 4) is 0 Å². The van der Waals surface area contributed by atoms with Crippen molar-refractivity contribution in [1.29, 1.82) is 0 Å². The van der Waals surface area contributed by atoms with Gasteiger partial charge in [0.1, 0.15) is 11.3 Å². The van der Waals surface area contributed by atoms with Crippen LogP contribution in [0.1, 0.15) is 73.6 Å². The Bertz CT molecular complexity index is 650. The maximum atomic E-state index is 12.9. The van der Waals surface area contributed by atoms with Crippen LogP contribution >= 0.6 is 0 Å². The molecule has 0 radical (unpaired) electrons. The summed E-state index contributed by atoms with van der Waals surface area (Å²) in [6.07, 6.45) is 3.11. The number of hydrogen-bond acceptors (Lipinski definition) is 5. The van der Waals surface area contributed by atoms with Gasteiger partial charge in [0, 0.05) is 12.8 Å². The molecule has 0 saturated heterocycles. The summed E-state index contributed by atoms with van der Waals surface area (Å²) < 4.78 is 0. The third-order valence-electron chi connectivity index (χ3n) is 5.03. The Morgan fingerprint density at radius 3 is 2.07 bits per heavy atom. The van der Waals surface area contributed by atoms with Crippen molar-refractivity contribution >= 4 is 17.3 Å². The van der Waals surface area contributed by atoms with Crippen molar-refractivity contribution in [2.75, 3.05) is 0 Å². The van der Waals surface area contributed by atoms with Crippen molar-refractivity contribution in [3.05, 3.63) is 23.0 Å². The molecule has 152 valence electrons. The summed E-state index contributed by atoms with van der Waals surface area (Å²) in [7, 11) is 0. The number of rotatable bonds is 10. The first-order valence-corrected chi connectivity index (χ1v) is 9.83. The van der Waals surface area contributed by atoms with Crippen LogP contribution in [0.15, 0.2) is 23.0 Å². The molecule has 1 aliphatic rings. The van der Waals surface area contributed by atoms with Gasteiger partial charge in [-0.3, -0.25) is 14.4 Å². The molecule has 0 aromatic heterocycles. The SMILES string of the molecule is CC(C)=CC[C@@H]1C(=O)C(C(=O)CCC(C)C)=C(O)C1(O)C(=O)CCC(C)C. The molecule has 1 rings (SSSR count). The van der Waals surface area contributed by atoms with Gasteiger partial charge in [0.05, 0.1) is 5.92 Å². The van der Waals surface area contributed by atoms with Gasteiger partial charge in [0.2, 0.25) is 0 Å². The first kappa shape index (κ1) is 23.3. The molecule has 0 aliphatic heterocycles. The lowest BCUT2D eigenvalue weighted by atomic mass is 9.80. The van der Waals surface area contributed by atoms with Gasteiger partial charge in [0.25, 0.3) is 0 Å². The summed E-state index contributed by atoms with van der Waals surface area (Å²) in [5.41, 5.74) is -1.76. The van der Waals surface area contributed by atoms with Crippen LogP contribution in [0.3, 0.4) is 0 Å². The number of aliphatic hydroxyl groups is 2. The molecule has 0 fully saturated rings. The normalized spacial score (nSPS) is 22.7. The number of carbonyl (C=O) groups excluding carboxylic acids is 3. The predicted octanol–water partition coefficient (Wildman–Crippen LogP) is 4.10. The average molecular weight is 379 g/mol. The van der Waals surface area contributed by atoms with Crippen LogP contribution < -0.4 is 0 Å². The van der Waals surface area contributed by atoms with E-state index in [1.165, 1.54) is 0 Å². The van der Waals surface area contributed by atoms with E-state index in [1.807, 2.05) is 41.5 Å². The first-order valence-electron chi connectivity index (χ1n) is 9.83. The number of aliphatic hydroxyl groups excluding tert-OH is 1. The molecule has 2 atom stereocenters. The highest BCUT2D eigenvalue weighted by Gasteiger charge is 2.58. The topological polar surface area (TPSA) is 91.7 Å². The molecule has 0 spiro atoms. The Labute approximate surface area is 162 Å². The van der Waals surface area contributed by atoms with Crippen LogP contribution in [0.4, 0.5) is 0 Å². The second-order valence-corrected chi connectivity index (χ2v) is 8.64. The zero-order valence-electron chi connectivity index (χ0n) is 17.5. The van der Waals surface area contributed by atoms with Crippen LogP contribution in [0, 0.1) is 17.8 Å². The van der Waals surface area contributed by atoms with Crippen molar-refractivity contribution in [3.63, 3.8) is 0 Å². The summed E-state index contributed by atoms with van der Waals surface area (Å²) in [5, 5.41) is 21.8. The van der Waals surface area contributed by atoms with Gasteiger partial charge in [-0.15, -0.1) is 0 Å². The monoisotopic (exact) mass is 378 g/mol. The summed E-state index contributed by atoms with van der Waals surface area (Å²) in [5.74, 6) is -3.11. The molecule has 0 heterocycles. The second-order valence-electron chi connectivity index (χ2n) is 8.64. The fourth-order valence-electron chi connectivity index (χ4n) is 3.22. The van der Waals surface area contributed by atoms with E-state index < -0.39 is 34.6 Å². The lowest BCUT2D eigenvalue weighted by molar-refractivity contribution is -0.145. The Morgan fingerprint density at radius 1 is 1.07 bits per heavy atom. The van der Waals surface area contributed by atoms with Gasteiger partial charge in [-0.1, -0.05) is 39.3 Å². The third-order valence-corrected chi connectivity index (χ3v) is 5.03. The summed E-state index contributed by atoms with van der Waals surface area (Å²) in [4.78, 5) is 38.2. The Hall–Kier alpha value is -1.75. The van der Waals surface area contributed by atoms with Crippen LogP contribution in [-0.4, -0.2) is 33.2 Å². The summed E-state index contributed by atoms with van der Waals surface area (Å²) >= 11 is 0. The standard InChI is InChI=1S/C22H34O5/c1-13(2)7-10-16-20(25)19(17(23)11-8-14(3)4)21(26)22(16,27)18(24)12-9-15(5)6/h7,14-16,26-27H,8-12H2,1-6H3/t16-,22?/m1/s1. The zero-order chi connectivity index (χ0) is 20.9. The number of carbonyl (C=O) groups is 3. The smallest absolute Gasteiger partial charge is 0.191 e. The Morgan fingerprint density at radius 2 is 1.59 bits per heavy atom. The molecule has 0 bridgehead atoms. The van der Waals surface area contributed by atoms with Crippen LogP contribution in [-0.2, 0) is 14.4 Å². The summed E-state index contributed by atoms with van der Waals surface area (Å²) in [6.45, 7) is 11.5. The molecule has 1 unspecified atom stereocenters. The highest BCUT2D eigenvalue weighted by Crippen LogP contribution is 2.42. The maximum absolute atomic E-state index is 12.9. The van der Waals surface area contributed by atoms with E-state index in [9.17, 15) is 24.6 Å². The van der Waals surface area contributed by atoms with Gasteiger partial charge >= 0.3 is 0 Å². The minimum Gasteiger partial charge on any atom is -0.508 e. The maximum Gasteiger partial charge on any atom is 0.191 e. The number of Topliss-reactive ketones (excluding diaryl/α,β-unsaturated/α-hetero) is 3. The minimum atomic E-state index is -2.30. The highest BCUT2D eigenvalue weighted by molar-refractivity contribution is 6.25. The molecule has 27 heavy (non-hydrogen) atoms. The van der Waals surface area contributed by atoms with E-state index >= 15 is 0 Å². The quantitative estimate of drug-likeness (QED) is 0.441. The van der Waals surface area contributed by atoms with Crippen LogP contribution in [0.5, 0.6) is 0 Å². The average Bonchev–Trinajstić information content (AvgIpc) is 2.75. The number of allylic oxidation sites excluding steroid dienone is 3. The van der Waals surface area contributed by atoms with E-state index in [1.54, 1.807) is 6.08 Å². The zero-order valence-corrected chi connectivity index (χ0v) is 17.5. The first-order chi connectivity index (χ1) is 12.4. The molecule has 2 N–H and O–H groups in total. The molecule has 0 aromatic carbocycles. The summed E-state index contributed by atoms with van der Waals surface area (Å²) in [6, 6.07) is 0. The van der Waals surface area contributed by atoms with Crippen LogP contribution in [0.25, 0.3) is 0 Å². The fraction of sp³-hybridized carbons (Fsp3) is 0.682. The van der Waals surface area contributed by atoms with Gasteiger partial charge in [0.15, 0.2) is 23.0 Å². The highest BCUT2D eigenvalue weighted by atomic mass is 16.3. The van der Waals surface area contributed by atoms with E-state index in [2.05, 4.69) is 0 Å². The lowest BCUT2D eigenvalue weighted by Crippen LogP contribution is -2.46. The largest absolute Gasteiger partial charge is 0.508 e. The fourth-order valence-corrected chi connectivity index (χ4v) is 3.22. The van der Waals surface area contributed by atoms with E-state index in [4.69, 9.17) is 0 Å². The van der Waals surface area contributed by atoms with Crippen molar-refractivity contribution in [1.82, 2.24) is 0 Å². The van der Waals surface area contributed by atoms with E-state index in [0.717, 1.165) is 5.57 Å². The van der Waals surface area contributed by atoms with Crippen molar-refractivity contribution in [2.24, 2.45) is 17.8 Å². The molecular formula is C22H34O5. The molecule has 0 aromatic rings. The molecule has 5 heteroatoms. The lowest BCUT2D eigenvalue weighted by Gasteiger charge is -2.27. The van der Waals surface area contributed by atoms with Gasteiger partial charge < -0.3 is 10.2 Å². The van der Waals surface area contributed by atoms with Crippen LogP contribution in [0.2, 0.25) is 0 Å². The Kier molecular flexibility index (Phi) is 8.15. The van der Waals surface area contributed by atoms with Gasteiger partial charge in [-0.25, -0.2) is 0 Å². The molecular weight excluding hydrogens is 344 g/mol. The van der Waals surface area contributed by atoms with E-state index in [-0.39, 0.29) is 36.7 Å². The second kappa shape index (κ2) is 9.45. The van der Waals surface area contributed by atoms with Crippen molar-refractivity contribution in [2.45, 2.75) is 79.2 Å². The predicted molar refractivity (Wildman–Crippen MR) is 105 cm³/mol. The molecule has 0 amide bonds. The van der Waals surface area contributed by atoms with Gasteiger partial charge in [-0.2, -0.15) is 0 Å². The number of hydrogen-bond donors (Lipinski definition) is 2. The Balaban J connectivity index is 3.28.